The van der Waals surface area contributed by atoms with E-state index in [0.717, 1.165) is 12.8 Å². The number of methoxy groups -OCH3 is 1. The topological polar surface area (TPSA) is 103 Å². The van der Waals surface area contributed by atoms with Crippen LogP contribution in [0, 0.1) is 10.1 Å². The summed E-state index contributed by atoms with van der Waals surface area (Å²) in [7, 11) is 1.38. The largest absolute Gasteiger partial charge is 0.494 e. The zero-order chi connectivity index (χ0) is 21.4. The van der Waals surface area contributed by atoms with Crippen molar-refractivity contribution in [1.29, 1.82) is 0 Å². The molecule has 0 saturated heterocycles. The third kappa shape index (κ3) is 6.40. The standard InChI is InChI=1S/C19H20BrN3O5S/c1-3-4-9-28-16-8-5-12(10-14(16)20)18(24)22-19(29)21-15-7-6-13(23(25)26)11-17(15)27-2/h5-8,10-11H,3-4,9H2,1-2H3,(H2,21,22,24,29). The van der Waals surface area contributed by atoms with Crippen LogP contribution in [0.3, 0.4) is 0 Å². The van der Waals surface area contributed by atoms with Gasteiger partial charge in [0.15, 0.2) is 5.11 Å². The molecule has 0 heterocycles. The van der Waals surface area contributed by atoms with Crippen molar-refractivity contribution in [3.63, 3.8) is 0 Å². The summed E-state index contributed by atoms with van der Waals surface area (Å²) in [4.78, 5) is 22.8. The first-order chi connectivity index (χ1) is 13.8. The maximum atomic E-state index is 12.4. The third-order valence-corrected chi connectivity index (χ3v) is 4.64. The number of nitro benzene ring substituents is 1. The SMILES string of the molecule is CCCCOc1ccc(C(=O)NC(=S)Nc2ccc([N+](=O)[O-])cc2OC)cc1Br. The van der Waals surface area contributed by atoms with Crippen molar-refractivity contribution in [3.8, 4) is 11.5 Å². The molecule has 2 aromatic rings. The monoisotopic (exact) mass is 481 g/mol. The summed E-state index contributed by atoms with van der Waals surface area (Å²) < 4.78 is 11.4. The smallest absolute Gasteiger partial charge is 0.273 e. The lowest BCUT2D eigenvalue weighted by Gasteiger charge is -2.13. The van der Waals surface area contributed by atoms with Gasteiger partial charge in [-0.3, -0.25) is 20.2 Å². The van der Waals surface area contributed by atoms with Crippen molar-refractivity contribution >= 4 is 50.5 Å². The molecule has 10 heteroatoms. The number of hydrogen-bond acceptors (Lipinski definition) is 6. The van der Waals surface area contributed by atoms with Crippen molar-refractivity contribution in [1.82, 2.24) is 5.32 Å². The van der Waals surface area contributed by atoms with Gasteiger partial charge in [0.05, 0.1) is 34.9 Å². The molecule has 0 fully saturated rings. The van der Waals surface area contributed by atoms with E-state index in [1.807, 2.05) is 0 Å². The first-order valence-electron chi connectivity index (χ1n) is 8.72. The Hall–Kier alpha value is -2.72. The number of nitrogens with one attached hydrogen (secondary N) is 2. The Bertz CT molecular complexity index is 923. The number of hydrogen-bond donors (Lipinski definition) is 2. The number of benzene rings is 2. The van der Waals surface area contributed by atoms with Crippen LogP contribution in [-0.2, 0) is 0 Å². The molecule has 0 bridgehead atoms. The zero-order valence-electron chi connectivity index (χ0n) is 15.9. The number of nitro groups is 1. The fourth-order valence-corrected chi connectivity index (χ4v) is 3.01. The number of non-ortho nitro benzene ring substituents is 1. The second-order valence-corrected chi connectivity index (χ2v) is 7.16. The molecule has 0 atom stereocenters. The summed E-state index contributed by atoms with van der Waals surface area (Å²) in [6, 6.07) is 9.02. The molecular weight excluding hydrogens is 462 g/mol. The van der Waals surface area contributed by atoms with Gasteiger partial charge in [0.2, 0.25) is 0 Å². The highest BCUT2D eigenvalue weighted by molar-refractivity contribution is 9.10. The number of thiocarbonyl (C=S) groups is 1. The van der Waals surface area contributed by atoms with E-state index in [4.69, 9.17) is 21.7 Å². The lowest BCUT2D eigenvalue weighted by Crippen LogP contribution is -2.34. The summed E-state index contributed by atoms with van der Waals surface area (Å²) in [5.41, 5.74) is 0.664. The number of carbonyl (C=O) groups excluding carboxylic acids is 1. The van der Waals surface area contributed by atoms with Crippen molar-refractivity contribution in [3.05, 3.63) is 56.5 Å². The summed E-state index contributed by atoms with van der Waals surface area (Å²) in [5.74, 6) is 0.475. The number of amides is 1. The van der Waals surface area contributed by atoms with Crippen LogP contribution < -0.4 is 20.1 Å². The Morgan fingerprint density at radius 1 is 1.24 bits per heavy atom. The summed E-state index contributed by atoms with van der Waals surface area (Å²) in [6.45, 7) is 2.68. The zero-order valence-corrected chi connectivity index (χ0v) is 18.3. The van der Waals surface area contributed by atoms with E-state index in [1.165, 1.54) is 25.3 Å². The van der Waals surface area contributed by atoms with Crippen LogP contribution >= 0.6 is 28.1 Å². The Morgan fingerprint density at radius 2 is 2.00 bits per heavy atom. The molecule has 1 amide bonds. The van der Waals surface area contributed by atoms with Crippen molar-refractivity contribution in [2.75, 3.05) is 19.0 Å². The number of ether oxygens (including phenoxy) is 2. The normalized spacial score (nSPS) is 10.2. The molecule has 0 aliphatic rings. The Labute approximate surface area is 181 Å². The molecule has 0 radical (unpaired) electrons. The van der Waals surface area contributed by atoms with Crippen molar-refractivity contribution in [2.24, 2.45) is 0 Å². The van der Waals surface area contributed by atoms with Gasteiger partial charge in [0.1, 0.15) is 11.5 Å². The summed E-state index contributed by atoms with van der Waals surface area (Å²) >= 11 is 8.56. The van der Waals surface area contributed by atoms with Gasteiger partial charge in [-0.1, -0.05) is 13.3 Å². The molecule has 0 aliphatic heterocycles. The number of rotatable bonds is 8. The highest BCUT2D eigenvalue weighted by Gasteiger charge is 2.15. The lowest BCUT2D eigenvalue weighted by atomic mass is 10.2. The van der Waals surface area contributed by atoms with Gasteiger partial charge in [0.25, 0.3) is 11.6 Å². The maximum Gasteiger partial charge on any atom is 0.273 e. The minimum absolute atomic E-state index is 0.0292. The van der Waals surface area contributed by atoms with Crippen LogP contribution in [0.5, 0.6) is 11.5 Å². The fraction of sp³-hybridized carbons (Fsp3) is 0.263. The molecule has 0 aliphatic carbocycles. The highest BCUT2D eigenvalue weighted by atomic mass is 79.9. The number of carbonyl (C=O) groups is 1. The summed E-state index contributed by atoms with van der Waals surface area (Å²) in [6.07, 6.45) is 1.98. The molecule has 8 nitrogen and oxygen atoms in total. The third-order valence-electron chi connectivity index (χ3n) is 3.82. The molecule has 0 unspecified atom stereocenters. The molecule has 154 valence electrons. The number of unbranched alkanes of at least 4 members (excludes halogenated alkanes) is 1. The average molecular weight is 482 g/mol. The van der Waals surface area contributed by atoms with Gasteiger partial charge in [-0.15, -0.1) is 0 Å². The Morgan fingerprint density at radius 3 is 2.62 bits per heavy atom. The molecule has 29 heavy (non-hydrogen) atoms. The van der Waals surface area contributed by atoms with Crippen LogP contribution in [0.4, 0.5) is 11.4 Å². The Kier molecular flexibility index (Phi) is 8.34. The minimum atomic E-state index is -0.528. The first-order valence-corrected chi connectivity index (χ1v) is 9.93. The van der Waals surface area contributed by atoms with E-state index in [9.17, 15) is 14.9 Å². The van der Waals surface area contributed by atoms with E-state index in [-0.39, 0.29) is 16.5 Å². The van der Waals surface area contributed by atoms with Gasteiger partial charge in [-0.05, 0) is 58.8 Å². The van der Waals surface area contributed by atoms with Gasteiger partial charge in [-0.2, -0.15) is 0 Å². The molecule has 2 rings (SSSR count). The van der Waals surface area contributed by atoms with Gasteiger partial charge < -0.3 is 14.8 Å². The van der Waals surface area contributed by atoms with Crippen LogP contribution in [0.25, 0.3) is 0 Å². The summed E-state index contributed by atoms with van der Waals surface area (Å²) in [5, 5.41) is 16.3. The molecular formula is C19H20BrN3O5S. The molecule has 0 spiro atoms. The van der Waals surface area contributed by atoms with E-state index >= 15 is 0 Å². The molecule has 0 saturated carbocycles. The molecule has 0 aromatic heterocycles. The van der Waals surface area contributed by atoms with E-state index in [0.29, 0.717) is 28.1 Å². The van der Waals surface area contributed by atoms with E-state index < -0.39 is 10.8 Å². The second kappa shape index (κ2) is 10.7. The molecule has 2 aromatic carbocycles. The van der Waals surface area contributed by atoms with Gasteiger partial charge in [-0.25, -0.2) is 0 Å². The minimum Gasteiger partial charge on any atom is -0.494 e. The number of nitrogens with zero attached hydrogens (tertiary/aromatic N) is 1. The van der Waals surface area contributed by atoms with Crippen LogP contribution in [0.15, 0.2) is 40.9 Å². The van der Waals surface area contributed by atoms with Crippen LogP contribution in [-0.4, -0.2) is 29.7 Å². The van der Waals surface area contributed by atoms with Crippen LogP contribution in [0.2, 0.25) is 0 Å². The molecule has 2 N–H and O–H groups in total. The number of anilines is 1. The van der Waals surface area contributed by atoms with E-state index in [2.05, 4.69) is 33.5 Å². The number of halogens is 1. The van der Waals surface area contributed by atoms with Gasteiger partial charge in [0, 0.05) is 11.6 Å². The quantitative estimate of drug-likeness (QED) is 0.244. The predicted molar refractivity (Wildman–Crippen MR) is 118 cm³/mol. The Balaban J connectivity index is 2.03. The fourth-order valence-electron chi connectivity index (χ4n) is 2.31. The van der Waals surface area contributed by atoms with E-state index in [1.54, 1.807) is 18.2 Å². The van der Waals surface area contributed by atoms with Crippen LogP contribution in [0.1, 0.15) is 30.1 Å². The van der Waals surface area contributed by atoms with Crippen molar-refractivity contribution in [2.45, 2.75) is 19.8 Å². The lowest BCUT2D eigenvalue weighted by molar-refractivity contribution is -0.384. The second-order valence-electron chi connectivity index (χ2n) is 5.90. The maximum absolute atomic E-state index is 12.4. The predicted octanol–water partition coefficient (Wildman–Crippen LogP) is 4.67. The average Bonchev–Trinajstić information content (AvgIpc) is 2.69. The van der Waals surface area contributed by atoms with Gasteiger partial charge >= 0.3 is 0 Å². The highest BCUT2D eigenvalue weighted by Crippen LogP contribution is 2.29. The first kappa shape index (κ1) is 22.6. The van der Waals surface area contributed by atoms with Crippen molar-refractivity contribution < 1.29 is 19.2 Å².